The molecule has 1 aromatic heterocycles. The van der Waals surface area contributed by atoms with Crippen LogP contribution < -0.4 is 4.74 Å². The van der Waals surface area contributed by atoms with Crippen molar-refractivity contribution in [3.05, 3.63) is 53.9 Å². The van der Waals surface area contributed by atoms with Crippen molar-refractivity contribution in [3.8, 4) is 5.75 Å². The van der Waals surface area contributed by atoms with Crippen LogP contribution in [-0.4, -0.2) is 42.7 Å². The lowest BCUT2D eigenvalue weighted by Gasteiger charge is -2.23. The van der Waals surface area contributed by atoms with Gasteiger partial charge in [-0.3, -0.25) is 4.90 Å². The molecule has 1 unspecified atom stereocenters. The number of ether oxygens (including phenoxy) is 2. The molecule has 5 heteroatoms. The van der Waals surface area contributed by atoms with Gasteiger partial charge in [0, 0.05) is 24.5 Å². The van der Waals surface area contributed by atoms with E-state index in [-0.39, 0.29) is 5.97 Å². The van der Waals surface area contributed by atoms with Gasteiger partial charge in [0.25, 0.3) is 0 Å². The summed E-state index contributed by atoms with van der Waals surface area (Å²) in [5.74, 6) is 0.440. The number of rotatable bonds is 6. The summed E-state index contributed by atoms with van der Waals surface area (Å²) in [7, 11) is 1.38. The summed E-state index contributed by atoms with van der Waals surface area (Å²) in [4.78, 5) is 17.2. The van der Waals surface area contributed by atoms with Crippen LogP contribution in [0.25, 0.3) is 0 Å². The van der Waals surface area contributed by atoms with Crippen LogP contribution in [0, 0.1) is 0 Å². The maximum absolute atomic E-state index is 11.4. The SMILES string of the molecule is COC(=O)c1ccc(OCCN2CCCC2c2ccc[nH]2)cc1. The standard InChI is InChI=1S/C18H22N2O3/c1-22-18(21)14-6-8-15(9-7-14)23-13-12-20-11-3-5-17(20)16-4-2-10-19-16/h2,4,6-10,17,19H,3,5,11-13H2,1H3. The number of aromatic amines is 1. The zero-order chi connectivity index (χ0) is 16.1. The summed E-state index contributed by atoms with van der Waals surface area (Å²) >= 11 is 0. The van der Waals surface area contributed by atoms with E-state index in [0.29, 0.717) is 18.2 Å². The fourth-order valence-corrected chi connectivity index (χ4v) is 3.08. The smallest absolute Gasteiger partial charge is 0.337 e. The Morgan fingerprint density at radius 1 is 1.30 bits per heavy atom. The van der Waals surface area contributed by atoms with Crippen molar-refractivity contribution < 1.29 is 14.3 Å². The highest BCUT2D eigenvalue weighted by atomic mass is 16.5. The van der Waals surface area contributed by atoms with Gasteiger partial charge in [0.05, 0.1) is 12.7 Å². The molecule has 0 saturated carbocycles. The first-order valence-corrected chi connectivity index (χ1v) is 7.96. The number of likely N-dealkylation sites (tertiary alicyclic amines) is 1. The molecular weight excluding hydrogens is 292 g/mol. The first-order chi connectivity index (χ1) is 11.3. The number of hydrogen-bond acceptors (Lipinski definition) is 4. The topological polar surface area (TPSA) is 54.6 Å². The van der Waals surface area contributed by atoms with E-state index in [0.717, 1.165) is 18.8 Å². The molecule has 0 radical (unpaired) electrons. The lowest BCUT2D eigenvalue weighted by atomic mass is 10.1. The molecule has 2 heterocycles. The minimum Gasteiger partial charge on any atom is -0.492 e. The van der Waals surface area contributed by atoms with Crippen molar-refractivity contribution in [2.75, 3.05) is 26.8 Å². The fourth-order valence-electron chi connectivity index (χ4n) is 3.08. The maximum Gasteiger partial charge on any atom is 0.337 e. The van der Waals surface area contributed by atoms with Gasteiger partial charge in [-0.25, -0.2) is 4.79 Å². The molecule has 2 aromatic rings. The predicted molar refractivity (Wildman–Crippen MR) is 87.6 cm³/mol. The van der Waals surface area contributed by atoms with Gasteiger partial charge < -0.3 is 14.5 Å². The Morgan fingerprint density at radius 2 is 2.13 bits per heavy atom. The highest BCUT2D eigenvalue weighted by molar-refractivity contribution is 5.89. The fraction of sp³-hybridized carbons (Fsp3) is 0.389. The molecule has 3 rings (SSSR count). The number of carbonyl (C=O) groups is 1. The normalized spacial score (nSPS) is 18.0. The largest absolute Gasteiger partial charge is 0.492 e. The minimum atomic E-state index is -0.331. The Balaban J connectivity index is 1.50. The van der Waals surface area contributed by atoms with Crippen LogP contribution in [0.15, 0.2) is 42.6 Å². The first-order valence-electron chi connectivity index (χ1n) is 7.96. The number of hydrogen-bond donors (Lipinski definition) is 1. The average molecular weight is 314 g/mol. The second-order valence-electron chi connectivity index (χ2n) is 5.68. The number of esters is 1. The number of carbonyl (C=O) groups excluding carboxylic acids is 1. The molecule has 23 heavy (non-hydrogen) atoms. The number of nitrogens with one attached hydrogen (secondary N) is 1. The van der Waals surface area contributed by atoms with Crippen LogP contribution in [-0.2, 0) is 4.74 Å². The van der Waals surface area contributed by atoms with E-state index in [4.69, 9.17) is 4.74 Å². The number of aromatic nitrogens is 1. The van der Waals surface area contributed by atoms with Gasteiger partial charge in [-0.2, -0.15) is 0 Å². The third-order valence-electron chi connectivity index (χ3n) is 4.27. The highest BCUT2D eigenvalue weighted by Crippen LogP contribution is 2.30. The van der Waals surface area contributed by atoms with Gasteiger partial charge in [-0.15, -0.1) is 0 Å². The van der Waals surface area contributed by atoms with Crippen LogP contribution in [0.4, 0.5) is 0 Å². The molecule has 1 aliphatic heterocycles. The lowest BCUT2D eigenvalue weighted by Crippen LogP contribution is -2.28. The Hall–Kier alpha value is -2.27. The first kappa shape index (κ1) is 15.6. The molecule has 1 aliphatic rings. The van der Waals surface area contributed by atoms with Crippen molar-refractivity contribution >= 4 is 5.97 Å². The van der Waals surface area contributed by atoms with Gasteiger partial charge in [-0.05, 0) is 55.8 Å². The van der Waals surface area contributed by atoms with Gasteiger partial charge in [0.1, 0.15) is 12.4 Å². The second kappa shape index (κ2) is 7.33. The van der Waals surface area contributed by atoms with Gasteiger partial charge in [0.2, 0.25) is 0 Å². The second-order valence-corrected chi connectivity index (χ2v) is 5.68. The Kier molecular flexibility index (Phi) is 4.98. The van der Waals surface area contributed by atoms with Crippen LogP contribution in [0.2, 0.25) is 0 Å². The monoisotopic (exact) mass is 314 g/mol. The van der Waals surface area contributed by atoms with Crippen LogP contribution in [0.5, 0.6) is 5.75 Å². The van der Waals surface area contributed by atoms with Crippen LogP contribution in [0.1, 0.15) is 34.9 Å². The summed E-state index contributed by atoms with van der Waals surface area (Å²) in [6, 6.07) is 11.7. The Morgan fingerprint density at radius 3 is 2.83 bits per heavy atom. The van der Waals surface area contributed by atoms with E-state index in [1.807, 2.05) is 12.3 Å². The predicted octanol–water partition coefficient (Wildman–Crippen LogP) is 3.02. The van der Waals surface area contributed by atoms with E-state index in [9.17, 15) is 4.79 Å². The number of nitrogens with zero attached hydrogens (tertiary/aromatic N) is 1. The summed E-state index contributed by atoms with van der Waals surface area (Å²) in [6.07, 6.45) is 4.39. The van der Waals surface area contributed by atoms with E-state index in [1.165, 1.54) is 25.6 Å². The molecular formula is C18H22N2O3. The molecule has 1 fully saturated rings. The van der Waals surface area contributed by atoms with E-state index in [2.05, 4.69) is 20.7 Å². The van der Waals surface area contributed by atoms with Gasteiger partial charge in [0.15, 0.2) is 0 Å². The number of benzene rings is 1. The molecule has 0 bridgehead atoms. The third-order valence-corrected chi connectivity index (χ3v) is 4.27. The van der Waals surface area contributed by atoms with Gasteiger partial charge in [-0.1, -0.05) is 0 Å². The van der Waals surface area contributed by atoms with Crippen molar-refractivity contribution in [3.63, 3.8) is 0 Å². The average Bonchev–Trinajstić information content (AvgIpc) is 3.25. The highest BCUT2D eigenvalue weighted by Gasteiger charge is 2.26. The van der Waals surface area contributed by atoms with Gasteiger partial charge >= 0.3 is 5.97 Å². The lowest BCUT2D eigenvalue weighted by molar-refractivity contribution is 0.0600. The van der Waals surface area contributed by atoms with E-state index < -0.39 is 0 Å². The number of methoxy groups -OCH3 is 1. The van der Waals surface area contributed by atoms with E-state index in [1.54, 1.807) is 24.3 Å². The molecule has 1 aromatic carbocycles. The minimum absolute atomic E-state index is 0.331. The summed E-state index contributed by atoms with van der Waals surface area (Å²) < 4.78 is 10.5. The van der Waals surface area contributed by atoms with E-state index >= 15 is 0 Å². The van der Waals surface area contributed by atoms with Crippen molar-refractivity contribution in [1.82, 2.24) is 9.88 Å². The molecule has 0 aliphatic carbocycles. The van der Waals surface area contributed by atoms with Crippen LogP contribution >= 0.6 is 0 Å². The van der Waals surface area contributed by atoms with Crippen LogP contribution in [0.3, 0.4) is 0 Å². The molecule has 122 valence electrons. The molecule has 1 atom stereocenters. The summed E-state index contributed by atoms with van der Waals surface area (Å²) in [6.45, 7) is 2.63. The number of H-pyrrole nitrogens is 1. The van der Waals surface area contributed by atoms with Crippen molar-refractivity contribution in [2.24, 2.45) is 0 Å². The Labute approximate surface area is 136 Å². The third kappa shape index (κ3) is 3.74. The quantitative estimate of drug-likeness (QED) is 0.833. The van der Waals surface area contributed by atoms with Crippen molar-refractivity contribution in [1.29, 1.82) is 0 Å². The summed E-state index contributed by atoms with van der Waals surface area (Å²) in [5, 5.41) is 0. The summed E-state index contributed by atoms with van der Waals surface area (Å²) in [5.41, 5.74) is 1.82. The molecule has 0 amide bonds. The Bertz CT molecular complexity index is 622. The molecule has 5 nitrogen and oxygen atoms in total. The zero-order valence-corrected chi connectivity index (χ0v) is 13.3. The van der Waals surface area contributed by atoms with Crippen molar-refractivity contribution in [2.45, 2.75) is 18.9 Å². The molecule has 0 spiro atoms. The molecule has 1 N–H and O–H groups in total. The molecule has 1 saturated heterocycles. The maximum atomic E-state index is 11.4. The zero-order valence-electron chi connectivity index (χ0n) is 13.3.